The van der Waals surface area contributed by atoms with Crippen molar-refractivity contribution < 1.29 is 17.6 Å². The highest BCUT2D eigenvalue weighted by atomic mass is 32.2. The first-order valence-electron chi connectivity index (χ1n) is 11.2. The summed E-state index contributed by atoms with van der Waals surface area (Å²) in [6.07, 6.45) is 4.98. The van der Waals surface area contributed by atoms with Crippen molar-refractivity contribution >= 4 is 27.0 Å². The van der Waals surface area contributed by atoms with Gasteiger partial charge in [0.1, 0.15) is 5.52 Å². The predicted molar refractivity (Wildman–Crippen MR) is 121 cm³/mol. The number of sulfonamides is 1. The molecule has 2 aromatic carbocycles. The lowest BCUT2D eigenvalue weighted by Crippen LogP contribution is -2.50. The number of benzene rings is 2. The second-order valence-corrected chi connectivity index (χ2v) is 10.4. The van der Waals surface area contributed by atoms with Crippen molar-refractivity contribution in [2.45, 2.75) is 43.4 Å². The number of piperazine rings is 1. The third-order valence-corrected chi connectivity index (χ3v) is 8.33. The van der Waals surface area contributed by atoms with Gasteiger partial charge >= 0.3 is 0 Å². The number of rotatable bonds is 5. The fraction of sp³-hybridized carbons (Fsp3) is 0.417. The minimum Gasteiger partial charge on any atom is -0.441 e. The van der Waals surface area contributed by atoms with E-state index in [4.69, 9.17) is 4.42 Å². The Balaban J connectivity index is 1.18. The summed E-state index contributed by atoms with van der Waals surface area (Å²) < 4.78 is 33.5. The van der Waals surface area contributed by atoms with Crippen LogP contribution in [-0.4, -0.2) is 54.7 Å². The van der Waals surface area contributed by atoms with Gasteiger partial charge in [-0.25, -0.2) is 13.4 Å². The van der Waals surface area contributed by atoms with E-state index in [-0.39, 0.29) is 5.91 Å². The van der Waals surface area contributed by atoms with Crippen LogP contribution in [0.4, 0.5) is 0 Å². The van der Waals surface area contributed by atoms with Crippen LogP contribution in [0.25, 0.3) is 11.1 Å². The molecule has 0 atom stereocenters. The fourth-order valence-corrected chi connectivity index (χ4v) is 6.07. The van der Waals surface area contributed by atoms with Gasteiger partial charge in [-0.15, -0.1) is 0 Å². The summed E-state index contributed by atoms with van der Waals surface area (Å²) in [5.41, 5.74) is 3.93. The molecule has 1 fully saturated rings. The van der Waals surface area contributed by atoms with Crippen LogP contribution < -0.4 is 0 Å². The first kappa shape index (κ1) is 21.2. The molecule has 2 heterocycles. The Bertz CT molecular complexity index is 1210. The van der Waals surface area contributed by atoms with Crippen LogP contribution in [0.1, 0.15) is 36.3 Å². The van der Waals surface area contributed by atoms with Gasteiger partial charge in [-0.2, -0.15) is 4.31 Å². The summed E-state index contributed by atoms with van der Waals surface area (Å²) in [5.74, 6) is 0.547. The lowest BCUT2D eigenvalue weighted by Gasteiger charge is -2.34. The topological polar surface area (TPSA) is 83.7 Å². The van der Waals surface area contributed by atoms with Crippen LogP contribution in [0.5, 0.6) is 0 Å². The van der Waals surface area contributed by atoms with Gasteiger partial charge in [-0.05, 0) is 61.1 Å². The van der Waals surface area contributed by atoms with E-state index >= 15 is 0 Å². The predicted octanol–water partition coefficient (Wildman–Crippen LogP) is 3.17. The van der Waals surface area contributed by atoms with Crippen molar-refractivity contribution in [1.82, 2.24) is 14.2 Å². The number of para-hydroxylation sites is 2. The number of hydrogen-bond acceptors (Lipinski definition) is 5. The lowest BCUT2D eigenvalue weighted by atomic mass is 9.92. The van der Waals surface area contributed by atoms with Gasteiger partial charge in [-0.1, -0.05) is 18.2 Å². The molecule has 7 nitrogen and oxygen atoms in total. The first-order chi connectivity index (χ1) is 15.5. The molecule has 0 bridgehead atoms. The highest BCUT2D eigenvalue weighted by Crippen LogP contribution is 2.26. The Morgan fingerprint density at radius 3 is 2.50 bits per heavy atom. The molecule has 0 spiro atoms. The SMILES string of the molecule is O=C(CCc1nc2ccccc2o1)N1CCN(S(=O)(=O)c2ccc3c(c2)CCCC3)CC1. The van der Waals surface area contributed by atoms with E-state index in [0.29, 0.717) is 49.8 Å². The highest BCUT2D eigenvalue weighted by Gasteiger charge is 2.30. The number of hydrogen-bond donors (Lipinski definition) is 0. The molecule has 1 saturated heterocycles. The van der Waals surface area contributed by atoms with E-state index in [0.717, 1.165) is 35.9 Å². The van der Waals surface area contributed by atoms with Gasteiger partial charge in [0, 0.05) is 39.0 Å². The van der Waals surface area contributed by atoms with Gasteiger partial charge in [0.2, 0.25) is 15.9 Å². The molecule has 1 aliphatic heterocycles. The van der Waals surface area contributed by atoms with Crippen molar-refractivity contribution in [3.05, 3.63) is 59.5 Å². The Morgan fingerprint density at radius 2 is 1.72 bits per heavy atom. The smallest absolute Gasteiger partial charge is 0.243 e. The van der Waals surface area contributed by atoms with Crippen LogP contribution >= 0.6 is 0 Å². The molecule has 1 amide bonds. The summed E-state index contributed by atoms with van der Waals surface area (Å²) in [5, 5.41) is 0. The Hall–Kier alpha value is -2.71. The quantitative estimate of drug-likeness (QED) is 0.593. The van der Waals surface area contributed by atoms with Gasteiger partial charge in [-0.3, -0.25) is 4.79 Å². The summed E-state index contributed by atoms with van der Waals surface area (Å²) in [6.45, 7) is 1.43. The third-order valence-electron chi connectivity index (χ3n) is 6.44. The highest BCUT2D eigenvalue weighted by molar-refractivity contribution is 7.89. The van der Waals surface area contributed by atoms with E-state index in [2.05, 4.69) is 4.98 Å². The number of carbonyl (C=O) groups is 1. The van der Waals surface area contributed by atoms with Crippen LogP contribution in [-0.2, 0) is 34.1 Å². The lowest BCUT2D eigenvalue weighted by molar-refractivity contribution is -0.132. The van der Waals surface area contributed by atoms with E-state index in [1.807, 2.05) is 36.4 Å². The average Bonchev–Trinajstić information content (AvgIpc) is 3.25. The number of fused-ring (bicyclic) bond motifs is 2. The van der Waals surface area contributed by atoms with Crippen LogP contribution in [0.3, 0.4) is 0 Å². The maximum atomic E-state index is 13.1. The first-order valence-corrected chi connectivity index (χ1v) is 12.7. The standard InChI is InChI=1S/C24H27N3O4S/c28-24(12-11-23-25-21-7-3-4-8-22(21)31-23)26-13-15-27(16-14-26)32(29,30)20-10-9-18-5-1-2-6-19(18)17-20/h3-4,7-10,17H,1-2,5-6,11-16H2. The number of amides is 1. The molecule has 1 aromatic heterocycles. The van der Waals surface area contributed by atoms with Gasteiger partial charge in [0.25, 0.3) is 0 Å². The third kappa shape index (κ3) is 4.17. The largest absolute Gasteiger partial charge is 0.441 e. The van der Waals surface area contributed by atoms with E-state index < -0.39 is 10.0 Å². The summed E-state index contributed by atoms with van der Waals surface area (Å²) in [7, 11) is -3.54. The molecule has 3 aromatic rings. The normalized spacial score (nSPS) is 17.4. The molecule has 32 heavy (non-hydrogen) atoms. The van der Waals surface area contributed by atoms with Crippen molar-refractivity contribution in [1.29, 1.82) is 0 Å². The zero-order chi connectivity index (χ0) is 22.1. The van der Waals surface area contributed by atoms with Crippen LogP contribution in [0.2, 0.25) is 0 Å². The van der Waals surface area contributed by atoms with Crippen molar-refractivity contribution in [3.8, 4) is 0 Å². The average molecular weight is 454 g/mol. The van der Waals surface area contributed by atoms with Crippen molar-refractivity contribution in [2.75, 3.05) is 26.2 Å². The monoisotopic (exact) mass is 453 g/mol. The number of oxazole rings is 1. The molecular formula is C24H27N3O4S. The zero-order valence-electron chi connectivity index (χ0n) is 18.0. The Labute approximate surface area is 188 Å². The second-order valence-electron chi connectivity index (χ2n) is 8.50. The van der Waals surface area contributed by atoms with E-state index in [1.54, 1.807) is 11.0 Å². The molecule has 0 N–H and O–H groups in total. The second kappa shape index (κ2) is 8.67. The molecule has 8 heteroatoms. The van der Waals surface area contributed by atoms with Crippen LogP contribution in [0.15, 0.2) is 51.8 Å². The molecule has 2 aliphatic rings. The molecule has 168 valence electrons. The van der Waals surface area contributed by atoms with E-state index in [9.17, 15) is 13.2 Å². The molecular weight excluding hydrogens is 426 g/mol. The van der Waals surface area contributed by atoms with Gasteiger partial charge < -0.3 is 9.32 Å². The number of aromatic nitrogens is 1. The number of aryl methyl sites for hydroxylation is 3. The summed E-state index contributed by atoms with van der Waals surface area (Å²) in [6, 6.07) is 13.1. The number of nitrogens with zero attached hydrogens (tertiary/aromatic N) is 3. The Morgan fingerprint density at radius 1 is 0.969 bits per heavy atom. The van der Waals surface area contributed by atoms with E-state index in [1.165, 1.54) is 16.3 Å². The minimum atomic E-state index is -3.54. The summed E-state index contributed by atoms with van der Waals surface area (Å²) in [4.78, 5) is 19.2. The molecule has 0 saturated carbocycles. The van der Waals surface area contributed by atoms with Crippen LogP contribution in [0, 0.1) is 0 Å². The van der Waals surface area contributed by atoms with Crippen molar-refractivity contribution in [3.63, 3.8) is 0 Å². The Kier molecular flexibility index (Phi) is 5.73. The van der Waals surface area contributed by atoms with Gasteiger partial charge in [0.15, 0.2) is 11.5 Å². The summed E-state index contributed by atoms with van der Waals surface area (Å²) >= 11 is 0. The molecule has 5 rings (SSSR count). The maximum Gasteiger partial charge on any atom is 0.243 e. The maximum absolute atomic E-state index is 13.1. The fourth-order valence-electron chi connectivity index (χ4n) is 4.60. The molecule has 0 radical (unpaired) electrons. The molecule has 1 aliphatic carbocycles. The number of carbonyl (C=O) groups excluding carboxylic acids is 1. The zero-order valence-corrected chi connectivity index (χ0v) is 18.8. The molecule has 0 unspecified atom stereocenters. The van der Waals surface area contributed by atoms with Gasteiger partial charge in [0.05, 0.1) is 4.90 Å². The van der Waals surface area contributed by atoms with Crippen molar-refractivity contribution in [2.24, 2.45) is 0 Å². The minimum absolute atomic E-state index is 0.00177.